The molecule has 0 radical (unpaired) electrons. The lowest BCUT2D eigenvalue weighted by molar-refractivity contribution is 0.0469. The molecule has 0 fully saturated rings. The van der Waals surface area contributed by atoms with Crippen LogP contribution >= 0.6 is 0 Å². The van der Waals surface area contributed by atoms with Crippen molar-refractivity contribution in [1.29, 1.82) is 0 Å². The third-order valence-corrected chi connectivity index (χ3v) is 4.34. The maximum atomic E-state index is 13.1. The van der Waals surface area contributed by atoms with Crippen molar-refractivity contribution in [2.75, 3.05) is 34.9 Å². The molecule has 0 N–H and O–H groups in total. The third-order valence-electron chi connectivity index (χ3n) is 4.34. The van der Waals surface area contributed by atoms with Crippen molar-refractivity contribution >= 4 is 5.97 Å². The molecule has 3 rings (SSSR count). The first-order valence-corrected chi connectivity index (χ1v) is 10.1. The Balaban J connectivity index is 1.96. The van der Waals surface area contributed by atoms with Gasteiger partial charge in [0.2, 0.25) is 11.8 Å². The van der Waals surface area contributed by atoms with Crippen LogP contribution in [0, 0.1) is 11.8 Å². The molecule has 0 atom stereocenters. The number of hydrogen-bond donors (Lipinski definition) is 0. The second kappa shape index (κ2) is 11.5. The number of benzene rings is 2. The number of aromatic nitrogens is 2. The molecule has 0 saturated carbocycles. The molecule has 33 heavy (non-hydrogen) atoms. The smallest absolute Gasteiger partial charge is 0.343 e. The Morgan fingerprint density at radius 2 is 1.67 bits per heavy atom. The number of esters is 1. The van der Waals surface area contributed by atoms with Crippen molar-refractivity contribution < 1.29 is 23.7 Å². The van der Waals surface area contributed by atoms with Crippen LogP contribution in [0.3, 0.4) is 0 Å². The van der Waals surface area contributed by atoms with Gasteiger partial charge in [-0.05, 0) is 31.8 Å². The van der Waals surface area contributed by atoms with Crippen LogP contribution in [0.4, 0.5) is 0 Å². The molecule has 0 unspecified atom stereocenters. The Kier molecular flexibility index (Phi) is 8.22. The van der Waals surface area contributed by atoms with Crippen molar-refractivity contribution in [1.82, 2.24) is 14.9 Å². The highest BCUT2D eigenvalue weighted by molar-refractivity contribution is 5.95. The number of carbonyl (C=O) groups excluding carboxylic acids is 1. The number of nitrogens with zero attached hydrogens (tertiary/aromatic N) is 3. The zero-order chi connectivity index (χ0) is 23.6. The highest BCUT2D eigenvalue weighted by Gasteiger charge is 2.21. The van der Waals surface area contributed by atoms with Crippen LogP contribution in [0.1, 0.15) is 21.5 Å². The summed E-state index contributed by atoms with van der Waals surface area (Å²) >= 11 is 0. The molecule has 0 aliphatic heterocycles. The minimum absolute atomic E-state index is 0.0401. The summed E-state index contributed by atoms with van der Waals surface area (Å²) in [5, 5.41) is 0. The molecule has 0 amide bonds. The molecule has 0 saturated heterocycles. The number of methoxy groups -OCH3 is 2. The normalized spacial score (nSPS) is 10.2. The summed E-state index contributed by atoms with van der Waals surface area (Å²) in [6.45, 7) is 0.641. The van der Waals surface area contributed by atoms with E-state index < -0.39 is 5.97 Å². The predicted octanol–water partition coefficient (Wildman–Crippen LogP) is 3.56. The fraction of sp³-hybridized carbons (Fsp3) is 0.240. The molecular weight excluding hydrogens is 422 g/mol. The molecule has 8 nitrogen and oxygen atoms in total. The average molecular weight is 447 g/mol. The van der Waals surface area contributed by atoms with E-state index in [0.717, 1.165) is 5.56 Å². The second-order valence-electron chi connectivity index (χ2n) is 7.12. The van der Waals surface area contributed by atoms with Gasteiger partial charge >= 0.3 is 12.0 Å². The Hall–Kier alpha value is -4.09. The van der Waals surface area contributed by atoms with Crippen LogP contribution in [0.2, 0.25) is 0 Å². The van der Waals surface area contributed by atoms with Crippen LogP contribution in [-0.2, 0) is 11.3 Å². The van der Waals surface area contributed by atoms with Gasteiger partial charge in [-0.2, -0.15) is 9.97 Å². The van der Waals surface area contributed by atoms with Gasteiger partial charge in [-0.1, -0.05) is 48.2 Å². The summed E-state index contributed by atoms with van der Waals surface area (Å²) in [7, 11) is 6.77. The van der Waals surface area contributed by atoms with E-state index in [9.17, 15) is 4.79 Å². The van der Waals surface area contributed by atoms with Crippen LogP contribution in [0.5, 0.6) is 23.5 Å². The Bertz CT molecular complexity index is 1130. The van der Waals surface area contributed by atoms with Gasteiger partial charge in [0.25, 0.3) is 0 Å². The Labute approximate surface area is 193 Å². The molecule has 170 valence electrons. The van der Waals surface area contributed by atoms with Gasteiger partial charge in [-0.15, -0.1) is 0 Å². The summed E-state index contributed by atoms with van der Waals surface area (Å²) in [5.41, 5.74) is 1.53. The molecule has 0 aliphatic carbocycles. The van der Waals surface area contributed by atoms with Crippen LogP contribution < -0.4 is 14.2 Å². The van der Waals surface area contributed by atoms with E-state index in [1.165, 1.54) is 20.3 Å². The summed E-state index contributed by atoms with van der Waals surface area (Å²) in [5.74, 6) is 6.22. The molecule has 0 spiro atoms. The lowest BCUT2D eigenvalue weighted by atomic mass is 10.1. The maximum absolute atomic E-state index is 13.1. The Morgan fingerprint density at radius 3 is 2.30 bits per heavy atom. The molecule has 0 aliphatic rings. The molecule has 1 aromatic heterocycles. The highest BCUT2D eigenvalue weighted by Crippen LogP contribution is 2.29. The summed E-state index contributed by atoms with van der Waals surface area (Å²) in [4.78, 5) is 23.4. The SMILES string of the molecule is COc1cc(OC)nc(Oc2cccc(C#CCN(C)C)c2C(=O)OCc2ccccc2)n1. The first-order chi connectivity index (χ1) is 16.0. The second-order valence-corrected chi connectivity index (χ2v) is 7.12. The van der Waals surface area contributed by atoms with Gasteiger partial charge in [0.1, 0.15) is 17.9 Å². The molecular formula is C25H25N3O5. The predicted molar refractivity (Wildman–Crippen MR) is 123 cm³/mol. The third kappa shape index (κ3) is 6.69. The summed E-state index contributed by atoms with van der Waals surface area (Å²) < 4.78 is 21.8. The largest absolute Gasteiger partial charge is 0.481 e. The average Bonchev–Trinajstić information content (AvgIpc) is 2.82. The monoisotopic (exact) mass is 447 g/mol. The van der Waals surface area contributed by atoms with Crippen LogP contribution in [0.25, 0.3) is 0 Å². The first kappa shape index (κ1) is 23.6. The van der Waals surface area contributed by atoms with Crippen molar-refractivity contribution in [2.45, 2.75) is 6.61 Å². The number of hydrogen-bond acceptors (Lipinski definition) is 8. The number of rotatable bonds is 8. The lowest BCUT2D eigenvalue weighted by Crippen LogP contribution is -2.12. The zero-order valence-electron chi connectivity index (χ0n) is 19.0. The van der Waals surface area contributed by atoms with Gasteiger partial charge in [0, 0.05) is 5.56 Å². The quantitative estimate of drug-likeness (QED) is 0.383. The fourth-order valence-electron chi connectivity index (χ4n) is 2.76. The van der Waals surface area contributed by atoms with E-state index in [4.69, 9.17) is 18.9 Å². The van der Waals surface area contributed by atoms with E-state index in [1.807, 2.05) is 49.3 Å². The van der Waals surface area contributed by atoms with Crippen LogP contribution in [-0.4, -0.2) is 55.7 Å². The molecule has 1 heterocycles. The summed E-state index contributed by atoms with van der Waals surface area (Å²) in [6.07, 6.45) is 0. The number of carbonyl (C=O) groups is 1. The molecule has 3 aromatic rings. The van der Waals surface area contributed by atoms with Gasteiger partial charge in [-0.3, -0.25) is 4.90 Å². The van der Waals surface area contributed by atoms with E-state index >= 15 is 0 Å². The van der Waals surface area contributed by atoms with Gasteiger partial charge in [0.15, 0.2) is 0 Å². The van der Waals surface area contributed by atoms with E-state index in [1.54, 1.807) is 18.2 Å². The van der Waals surface area contributed by atoms with E-state index in [-0.39, 0.29) is 35.7 Å². The van der Waals surface area contributed by atoms with Gasteiger partial charge < -0.3 is 18.9 Å². The van der Waals surface area contributed by atoms with Crippen molar-refractivity contribution in [3.05, 3.63) is 71.3 Å². The Morgan fingerprint density at radius 1 is 0.970 bits per heavy atom. The molecule has 2 aromatic carbocycles. The number of ether oxygens (including phenoxy) is 4. The van der Waals surface area contributed by atoms with E-state index in [0.29, 0.717) is 12.1 Å². The van der Waals surface area contributed by atoms with Crippen LogP contribution in [0.15, 0.2) is 54.6 Å². The van der Waals surface area contributed by atoms with Crippen molar-refractivity contribution in [2.24, 2.45) is 0 Å². The standard InChI is InChI=1S/C25H25N3O5/c1-28(2)15-9-13-19-12-8-14-20(33-25-26-21(30-3)16-22(27-25)31-4)23(19)24(29)32-17-18-10-6-5-7-11-18/h5-8,10-12,14,16H,15,17H2,1-4H3. The highest BCUT2D eigenvalue weighted by atomic mass is 16.5. The first-order valence-electron chi connectivity index (χ1n) is 10.1. The van der Waals surface area contributed by atoms with Gasteiger partial charge in [0.05, 0.1) is 26.8 Å². The molecule has 8 heteroatoms. The summed E-state index contributed by atoms with van der Waals surface area (Å²) in [6, 6.07) is 16.0. The van der Waals surface area contributed by atoms with Crippen molar-refractivity contribution in [3.8, 4) is 35.4 Å². The minimum Gasteiger partial charge on any atom is -0.481 e. The lowest BCUT2D eigenvalue weighted by Gasteiger charge is -2.13. The van der Waals surface area contributed by atoms with Gasteiger partial charge in [-0.25, -0.2) is 4.79 Å². The maximum Gasteiger partial charge on any atom is 0.343 e. The fourth-order valence-corrected chi connectivity index (χ4v) is 2.76. The zero-order valence-corrected chi connectivity index (χ0v) is 19.0. The minimum atomic E-state index is -0.571. The van der Waals surface area contributed by atoms with E-state index in [2.05, 4.69) is 21.8 Å². The molecule has 0 bridgehead atoms. The topological polar surface area (TPSA) is 83.0 Å². The van der Waals surface area contributed by atoms with Crippen molar-refractivity contribution in [3.63, 3.8) is 0 Å².